The molecular weight excluding hydrogens is 233 g/mol. The number of rotatable bonds is 3. The van der Waals surface area contributed by atoms with E-state index in [0.717, 1.165) is 10.8 Å². The Balaban J connectivity index is 2.10. The summed E-state index contributed by atoms with van der Waals surface area (Å²) in [6, 6.07) is 5.27. The van der Waals surface area contributed by atoms with Gasteiger partial charge in [0.2, 0.25) is 0 Å². The molecule has 2 N–H and O–H groups in total. The lowest BCUT2D eigenvalue weighted by Crippen LogP contribution is -2.15. The van der Waals surface area contributed by atoms with Crippen molar-refractivity contribution >= 4 is 11.8 Å². The molecule has 0 saturated heterocycles. The normalized spacial score (nSPS) is 24.9. The van der Waals surface area contributed by atoms with Gasteiger partial charge < -0.3 is 5.73 Å². The fourth-order valence-electron chi connectivity index (χ4n) is 2.51. The monoisotopic (exact) mass is 253 g/mol. The maximum Gasteiger partial charge on any atom is 0.128 e. The molecule has 1 aromatic rings. The van der Waals surface area contributed by atoms with Crippen molar-refractivity contribution < 1.29 is 4.39 Å². The van der Waals surface area contributed by atoms with Crippen molar-refractivity contribution in [2.75, 3.05) is 0 Å². The molecule has 1 aliphatic rings. The Morgan fingerprint density at radius 3 is 2.94 bits per heavy atom. The number of hydrogen-bond acceptors (Lipinski definition) is 2. The van der Waals surface area contributed by atoms with E-state index < -0.39 is 0 Å². The van der Waals surface area contributed by atoms with Crippen molar-refractivity contribution in [3.05, 3.63) is 29.6 Å². The predicted octanol–water partition coefficient (Wildman–Crippen LogP) is 3.96. The fraction of sp³-hybridized carbons (Fsp3) is 0.571. The van der Waals surface area contributed by atoms with Gasteiger partial charge in [-0.1, -0.05) is 25.8 Å². The smallest absolute Gasteiger partial charge is 0.128 e. The van der Waals surface area contributed by atoms with E-state index in [9.17, 15) is 4.39 Å². The molecule has 0 heterocycles. The lowest BCUT2D eigenvalue weighted by atomic mass is 9.91. The summed E-state index contributed by atoms with van der Waals surface area (Å²) in [5.41, 5.74) is 6.31. The quantitative estimate of drug-likeness (QED) is 0.882. The van der Waals surface area contributed by atoms with Crippen molar-refractivity contribution in [1.82, 2.24) is 0 Å². The van der Waals surface area contributed by atoms with E-state index in [-0.39, 0.29) is 12.4 Å². The van der Waals surface area contributed by atoms with E-state index in [0.29, 0.717) is 10.8 Å². The van der Waals surface area contributed by atoms with Crippen molar-refractivity contribution in [2.24, 2.45) is 11.7 Å². The number of hydrogen-bond donors (Lipinski definition) is 1. The average Bonchev–Trinajstić information content (AvgIpc) is 2.29. The molecular formula is C14H20FNS. The fourth-order valence-corrected chi connectivity index (χ4v) is 4.06. The van der Waals surface area contributed by atoms with Crippen LogP contribution in [0, 0.1) is 11.7 Å². The van der Waals surface area contributed by atoms with Gasteiger partial charge in [-0.3, -0.25) is 0 Å². The molecule has 0 aromatic heterocycles. The van der Waals surface area contributed by atoms with Gasteiger partial charge in [-0.15, -0.1) is 11.8 Å². The summed E-state index contributed by atoms with van der Waals surface area (Å²) in [5, 5.41) is 0.630. The molecule has 2 rings (SSSR count). The molecule has 0 bridgehead atoms. The second-order valence-corrected chi connectivity index (χ2v) is 6.27. The van der Waals surface area contributed by atoms with E-state index in [4.69, 9.17) is 5.73 Å². The summed E-state index contributed by atoms with van der Waals surface area (Å²) in [6.45, 7) is 2.60. The van der Waals surface area contributed by atoms with Gasteiger partial charge in [0.1, 0.15) is 5.82 Å². The Labute approximate surface area is 107 Å². The molecule has 0 spiro atoms. The van der Waals surface area contributed by atoms with Gasteiger partial charge in [0.25, 0.3) is 0 Å². The van der Waals surface area contributed by atoms with Crippen LogP contribution < -0.4 is 5.73 Å². The van der Waals surface area contributed by atoms with Crippen LogP contribution in [-0.4, -0.2) is 5.25 Å². The highest BCUT2D eigenvalue weighted by atomic mass is 32.2. The first kappa shape index (κ1) is 12.9. The molecule has 1 saturated carbocycles. The third kappa shape index (κ3) is 3.23. The molecule has 2 unspecified atom stereocenters. The summed E-state index contributed by atoms with van der Waals surface area (Å²) >= 11 is 1.81. The van der Waals surface area contributed by atoms with Gasteiger partial charge in [0.05, 0.1) is 0 Å². The molecule has 3 heteroatoms. The van der Waals surface area contributed by atoms with Gasteiger partial charge >= 0.3 is 0 Å². The highest BCUT2D eigenvalue weighted by Crippen LogP contribution is 2.37. The molecule has 1 aromatic carbocycles. The van der Waals surface area contributed by atoms with Crippen LogP contribution in [0.4, 0.5) is 4.39 Å². The molecule has 1 nitrogen and oxygen atoms in total. The number of benzene rings is 1. The Hall–Kier alpha value is -0.540. The standard InChI is InChI=1S/C14H20FNS/c1-10-4-2-5-11(8-10)17-14-7-3-6-13(15)12(14)9-16/h3,6-7,10-11H,2,4-5,8-9,16H2,1H3. The average molecular weight is 253 g/mol. The summed E-state index contributed by atoms with van der Waals surface area (Å²) in [5.74, 6) is 0.637. The van der Waals surface area contributed by atoms with Crippen molar-refractivity contribution in [3.8, 4) is 0 Å². The number of nitrogens with two attached hydrogens (primary N) is 1. The molecule has 1 fully saturated rings. The summed E-state index contributed by atoms with van der Waals surface area (Å²) in [7, 11) is 0. The van der Waals surface area contributed by atoms with Crippen molar-refractivity contribution in [2.45, 2.75) is 49.3 Å². The van der Waals surface area contributed by atoms with Crippen LogP contribution in [0.1, 0.15) is 38.2 Å². The van der Waals surface area contributed by atoms with Crippen LogP contribution in [0.3, 0.4) is 0 Å². The highest BCUT2D eigenvalue weighted by Gasteiger charge is 2.21. The van der Waals surface area contributed by atoms with E-state index >= 15 is 0 Å². The minimum atomic E-state index is -0.165. The first-order chi connectivity index (χ1) is 8.20. The zero-order chi connectivity index (χ0) is 12.3. The van der Waals surface area contributed by atoms with Crippen LogP contribution in [0.25, 0.3) is 0 Å². The van der Waals surface area contributed by atoms with Gasteiger partial charge in [0.15, 0.2) is 0 Å². The van der Waals surface area contributed by atoms with Crippen molar-refractivity contribution in [1.29, 1.82) is 0 Å². The van der Waals surface area contributed by atoms with E-state index in [1.54, 1.807) is 6.07 Å². The second kappa shape index (κ2) is 5.87. The van der Waals surface area contributed by atoms with E-state index in [1.807, 2.05) is 17.8 Å². The van der Waals surface area contributed by atoms with Crippen LogP contribution in [0.15, 0.2) is 23.1 Å². The zero-order valence-corrected chi connectivity index (χ0v) is 11.1. The third-order valence-corrected chi connectivity index (χ3v) is 4.86. The zero-order valence-electron chi connectivity index (χ0n) is 10.3. The van der Waals surface area contributed by atoms with E-state index in [1.165, 1.54) is 31.7 Å². The largest absolute Gasteiger partial charge is 0.326 e. The topological polar surface area (TPSA) is 26.0 Å². The molecule has 0 aliphatic heterocycles. The first-order valence-corrected chi connectivity index (χ1v) is 7.22. The van der Waals surface area contributed by atoms with Gasteiger partial charge in [-0.2, -0.15) is 0 Å². The SMILES string of the molecule is CC1CCCC(Sc2cccc(F)c2CN)C1. The molecule has 2 atom stereocenters. The van der Waals surface area contributed by atoms with Crippen LogP contribution >= 0.6 is 11.8 Å². The molecule has 1 aliphatic carbocycles. The molecule has 0 amide bonds. The maximum absolute atomic E-state index is 13.6. The lowest BCUT2D eigenvalue weighted by molar-refractivity contribution is 0.394. The van der Waals surface area contributed by atoms with Crippen LogP contribution in [0.5, 0.6) is 0 Å². The lowest BCUT2D eigenvalue weighted by Gasteiger charge is -2.26. The highest BCUT2D eigenvalue weighted by molar-refractivity contribution is 8.00. The summed E-state index contributed by atoms with van der Waals surface area (Å²) in [4.78, 5) is 1.03. The van der Waals surface area contributed by atoms with Crippen LogP contribution in [0.2, 0.25) is 0 Å². The minimum Gasteiger partial charge on any atom is -0.326 e. The Kier molecular flexibility index (Phi) is 4.46. The molecule has 94 valence electrons. The Morgan fingerprint density at radius 2 is 2.24 bits per heavy atom. The molecule has 0 radical (unpaired) electrons. The van der Waals surface area contributed by atoms with Gasteiger partial charge in [-0.25, -0.2) is 4.39 Å². The van der Waals surface area contributed by atoms with E-state index in [2.05, 4.69) is 6.92 Å². The Morgan fingerprint density at radius 1 is 1.41 bits per heavy atom. The third-order valence-electron chi connectivity index (χ3n) is 3.46. The second-order valence-electron chi connectivity index (χ2n) is 4.93. The van der Waals surface area contributed by atoms with Gasteiger partial charge in [0, 0.05) is 22.3 Å². The maximum atomic E-state index is 13.6. The minimum absolute atomic E-state index is 0.165. The first-order valence-electron chi connectivity index (χ1n) is 6.34. The van der Waals surface area contributed by atoms with Gasteiger partial charge in [-0.05, 0) is 30.9 Å². The Bertz CT molecular complexity index is 380. The number of halogens is 1. The summed E-state index contributed by atoms with van der Waals surface area (Å²) < 4.78 is 13.6. The predicted molar refractivity (Wildman–Crippen MR) is 71.6 cm³/mol. The number of thioether (sulfide) groups is 1. The molecule has 17 heavy (non-hydrogen) atoms. The van der Waals surface area contributed by atoms with Crippen LogP contribution in [-0.2, 0) is 6.54 Å². The van der Waals surface area contributed by atoms with Crippen molar-refractivity contribution in [3.63, 3.8) is 0 Å². The summed E-state index contributed by atoms with van der Waals surface area (Å²) in [6.07, 6.45) is 5.12.